The van der Waals surface area contributed by atoms with E-state index < -0.39 is 5.82 Å². The molecule has 1 aromatic heterocycles. The van der Waals surface area contributed by atoms with Crippen LogP contribution in [0.15, 0.2) is 17.1 Å². The summed E-state index contributed by atoms with van der Waals surface area (Å²) < 4.78 is 26.3. The van der Waals surface area contributed by atoms with E-state index in [4.69, 9.17) is 11.2 Å². The fraction of sp³-hybridized carbons (Fsp3) is 0.389. The van der Waals surface area contributed by atoms with Crippen molar-refractivity contribution < 1.29 is 13.9 Å². The summed E-state index contributed by atoms with van der Waals surface area (Å²) in [4.78, 5) is 18.6. The normalized spacial score (nSPS) is 18.3. The van der Waals surface area contributed by atoms with Crippen LogP contribution in [-0.2, 0) is 17.8 Å². The summed E-state index contributed by atoms with van der Waals surface area (Å²) in [6.45, 7) is 5.05. The molecule has 134 valence electrons. The summed E-state index contributed by atoms with van der Waals surface area (Å²) >= 11 is 1.24. The van der Waals surface area contributed by atoms with Gasteiger partial charge < -0.3 is 9.30 Å². The molecule has 26 heavy (non-hydrogen) atoms. The highest BCUT2D eigenvalue weighted by molar-refractivity contribution is 7.02. The summed E-state index contributed by atoms with van der Waals surface area (Å²) in [6.07, 6.45) is 6.22. The quantitative estimate of drug-likeness (QED) is 0.760. The second-order valence-corrected chi connectivity index (χ2v) is 7.89. The maximum Gasteiger partial charge on any atom is 0.265 e. The second kappa shape index (κ2) is 5.95. The molecule has 2 aliphatic rings. The van der Waals surface area contributed by atoms with Gasteiger partial charge in [0.15, 0.2) is 12.4 Å². The number of hydrogen-bond acceptors (Lipinski definition) is 5. The molecule has 1 aromatic carbocycles. The fourth-order valence-corrected chi connectivity index (χ4v) is 4.00. The predicted octanol–water partition coefficient (Wildman–Crippen LogP) is 2.26. The molecule has 4 rings (SSSR count). The molecule has 0 aliphatic carbocycles. The molecule has 2 aromatic rings. The number of fused-ring (bicyclic) bond motifs is 2. The van der Waals surface area contributed by atoms with E-state index in [1.54, 1.807) is 0 Å². The van der Waals surface area contributed by atoms with Crippen LogP contribution in [0, 0.1) is 23.6 Å². The summed E-state index contributed by atoms with van der Waals surface area (Å²) in [5.41, 5.74) is 0.678. The molecule has 6 nitrogen and oxygen atoms in total. The van der Waals surface area contributed by atoms with Gasteiger partial charge in [0.25, 0.3) is 5.91 Å². The van der Waals surface area contributed by atoms with Crippen LogP contribution < -0.4 is 14.4 Å². The Morgan fingerprint density at radius 1 is 1.50 bits per heavy atom. The van der Waals surface area contributed by atoms with E-state index in [1.165, 1.54) is 28.6 Å². The molecule has 2 aliphatic heterocycles. The van der Waals surface area contributed by atoms with Crippen LogP contribution in [0.25, 0.3) is 0 Å². The number of halogens is 1. The number of nitrogens with zero attached hydrogens (tertiary/aromatic N) is 4. The monoisotopic (exact) mass is 372 g/mol. The summed E-state index contributed by atoms with van der Waals surface area (Å²) in [5, 5.41) is 0. The van der Waals surface area contributed by atoms with Gasteiger partial charge in [0, 0.05) is 30.6 Å². The number of anilines is 1. The van der Waals surface area contributed by atoms with Crippen molar-refractivity contribution in [2.75, 3.05) is 18.1 Å². The summed E-state index contributed by atoms with van der Waals surface area (Å²) in [7, 11) is 0. The third-order valence-corrected chi connectivity index (χ3v) is 5.21. The SMILES string of the molecule is C#CCN1C(=O)COc2cc(F)c(/N=c3\snc4n3CC(C)(C)C4)cc21. The average Bonchev–Trinajstić information content (AvgIpc) is 3.07. The van der Waals surface area contributed by atoms with Crippen LogP contribution >= 0.6 is 11.5 Å². The minimum atomic E-state index is -0.515. The van der Waals surface area contributed by atoms with Gasteiger partial charge in [-0.1, -0.05) is 19.8 Å². The van der Waals surface area contributed by atoms with Gasteiger partial charge >= 0.3 is 0 Å². The lowest BCUT2D eigenvalue weighted by Crippen LogP contribution is -2.39. The predicted molar refractivity (Wildman–Crippen MR) is 95.9 cm³/mol. The third kappa shape index (κ3) is 2.78. The molecule has 0 N–H and O–H groups in total. The minimum absolute atomic E-state index is 0.0964. The van der Waals surface area contributed by atoms with E-state index in [2.05, 4.69) is 29.1 Å². The van der Waals surface area contributed by atoms with Crippen molar-refractivity contribution in [1.82, 2.24) is 8.94 Å². The summed E-state index contributed by atoms with van der Waals surface area (Å²) in [5.74, 6) is 2.92. The topological polar surface area (TPSA) is 59.7 Å². The van der Waals surface area contributed by atoms with Crippen molar-refractivity contribution in [3.63, 3.8) is 0 Å². The molecule has 1 amide bonds. The number of aromatic nitrogens is 2. The van der Waals surface area contributed by atoms with Crippen molar-refractivity contribution in [1.29, 1.82) is 0 Å². The number of carbonyl (C=O) groups is 1. The molecule has 0 spiro atoms. The van der Waals surface area contributed by atoms with Gasteiger partial charge in [-0.3, -0.25) is 9.69 Å². The van der Waals surface area contributed by atoms with E-state index >= 15 is 0 Å². The molecule has 0 saturated heterocycles. The van der Waals surface area contributed by atoms with Gasteiger partial charge in [-0.05, 0) is 11.5 Å². The first-order valence-corrected chi connectivity index (χ1v) is 8.95. The van der Waals surface area contributed by atoms with Gasteiger partial charge in [-0.15, -0.1) is 6.42 Å². The van der Waals surface area contributed by atoms with Crippen molar-refractivity contribution in [3.05, 3.63) is 28.6 Å². The first kappa shape index (κ1) is 16.8. The largest absolute Gasteiger partial charge is 0.481 e. The number of ether oxygens (including phenoxy) is 1. The highest BCUT2D eigenvalue weighted by atomic mass is 32.1. The molecule has 0 atom stereocenters. The lowest BCUT2D eigenvalue weighted by atomic mass is 9.92. The number of terminal acetylenes is 1. The van der Waals surface area contributed by atoms with Crippen LogP contribution in [0.5, 0.6) is 5.75 Å². The Morgan fingerprint density at radius 2 is 2.31 bits per heavy atom. The van der Waals surface area contributed by atoms with Crippen LogP contribution in [-0.4, -0.2) is 28.0 Å². The van der Waals surface area contributed by atoms with Gasteiger partial charge in [-0.2, -0.15) is 4.37 Å². The standard InChI is InChI=1S/C18H17FN4O2S/c1-4-5-22-13-7-12(11(19)6-14(13)25-9-16(22)24)20-17-23-10-18(2,3)8-15(23)21-26-17/h1,6-7H,5,8-10H2,2-3H3/b20-17-. The van der Waals surface area contributed by atoms with E-state index in [9.17, 15) is 9.18 Å². The molecule has 8 heteroatoms. The van der Waals surface area contributed by atoms with Crippen LogP contribution in [0.2, 0.25) is 0 Å². The average molecular weight is 372 g/mol. The van der Waals surface area contributed by atoms with E-state index in [1.807, 2.05) is 4.57 Å². The number of benzene rings is 1. The number of amides is 1. The highest BCUT2D eigenvalue weighted by Crippen LogP contribution is 2.37. The molecule has 0 bridgehead atoms. The second-order valence-electron chi connectivity index (χ2n) is 7.16. The Morgan fingerprint density at radius 3 is 3.08 bits per heavy atom. The van der Waals surface area contributed by atoms with Gasteiger partial charge in [0.1, 0.15) is 17.3 Å². The van der Waals surface area contributed by atoms with Crippen LogP contribution in [0.3, 0.4) is 0 Å². The third-order valence-electron chi connectivity index (χ3n) is 4.43. The zero-order chi connectivity index (χ0) is 18.5. The van der Waals surface area contributed by atoms with E-state index in [0.717, 1.165) is 18.8 Å². The fourth-order valence-electron chi connectivity index (χ4n) is 3.25. The molecule has 0 unspecified atom stereocenters. The molecule has 3 heterocycles. The molecular formula is C18H17FN4O2S. The van der Waals surface area contributed by atoms with Gasteiger partial charge in [0.2, 0.25) is 4.80 Å². The Balaban J connectivity index is 1.80. The van der Waals surface area contributed by atoms with E-state index in [0.29, 0.717) is 16.2 Å². The van der Waals surface area contributed by atoms with Gasteiger partial charge in [0.05, 0.1) is 12.2 Å². The van der Waals surface area contributed by atoms with Crippen molar-refractivity contribution in [3.8, 4) is 18.1 Å². The minimum Gasteiger partial charge on any atom is -0.481 e. The van der Waals surface area contributed by atoms with Crippen LogP contribution in [0.1, 0.15) is 19.7 Å². The Bertz CT molecular complexity index is 1020. The van der Waals surface area contributed by atoms with Gasteiger partial charge in [-0.25, -0.2) is 9.38 Å². The lowest BCUT2D eigenvalue weighted by Gasteiger charge is -2.28. The number of carbonyl (C=O) groups excluding carboxylic acids is 1. The van der Waals surface area contributed by atoms with E-state index in [-0.39, 0.29) is 30.2 Å². The number of rotatable bonds is 2. The summed E-state index contributed by atoms with van der Waals surface area (Å²) in [6, 6.07) is 2.76. The lowest BCUT2D eigenvalue weighted by molar-refractivity contribution is -0.121. The molecule has 0 fully saturated rings. The zero-order valence-corrected chi connectivity index (χ0v) is 15.3. The zero-order valence-electron chi connectivity index (χ0n) is 14.5. The Labute approximate surface area is 154 Å². The molecular weight excluding hydrogens is 355 g/mol. The first-order valence-electron chi connectivity index (χ1n) is 8.18. The Kier molecular flexibility index (Phi) is 3.84. The van der Waals surface area contributed by atoms with Crippen molar-refractivity contribution >= 4 is 28.8 Å². The maximum atomic E-state index is 14.5. The number of hydrogen-bond donors (Lipinski definition) is 0. The van der Waals surface area contributed by atoms with Crippen molar-refractivity contribution in [2.24, 2.45) is 10.4 Å². The Hall–Kier alpha value is -2.66. The smallest absolute Gasteiger partial charge is 0.265 e. The van der Waals surface area contributed by atoms with Crippen molar-refractivity contribution in [2.45, 2.75) is 26.8 Å². The first-order chi connectivity index (χ1) is 12.4. The maximum absolute atomic E-state index is 14.5. The molecule has 0 radical (unpaired) electrons. The highest BCUT2D eigenvalue weighted by Gasteiger charge is 2.31. The van der Waals surface area contributed by atoms with Crippen LogP contribution in [0.4, 0.5) is 15.8 Å². The molecule has 0 saturated carbocycles.